The molecular formula is C44H73N17O23. The Labute approximate surface area is 476 Å². The number of nitrogens with two attached hydrogens (primary N) is 1. The maximum atomic E-state index is 12.6. The summed E-state index contributed by atoms with van der Waals surface area (Å²) in [7, 11) is 0. The number of aliphatic hydroxyl groups is 5. The van der Waals surface area contributed by atoms with E-state index in [2.05, 4.69) is 85.1 Å². The molecular weight excluding hydrogens is 1130 g/mol. The highest BCUT2D eigenvalue weighted by Crippen LogP contribution is 2.05. The monoisotopic (exact) mass is 1210 g/mol. The summed E-state index contributed by atoms with van der Waals surface area (Å²) in [5.74, 6) is -16.9. The lowest BCUT2D eigenvalue weighted by molar-refractivity contribution is -0.142. The molecule has 7 atom stereocenters. The molecule has 0 aromatic rings. The Bertz CT molecular complexity index is 2360. The van der Waals surface area contributed by atoms with Crippen LogP contribution < -0.4 is 90.8 Å². The molecule has 0 radical (unpaired) electrons. The molecule has 0 saturated carbocycles. The largest absolute Gasteiger partial charge is 0.480 e. The predicted octanol–water partition coefficient (Wildman–Crippen LogP) is -16.5. The minimum Gasteiger partial charge on any atom is -0.480 e. The summed E-state index contributed by atoms with van der Waals surface area (Å²) >= 11 is 0. The number of aliphatic hydroxyl groups excluding tert-OH is 5. The molecule has 0 spiro atoms. The minimum atomic E-state index is -1.66. The number of carboxylic acid groups (broad SMARTS) is 1. The molecule has 0 rings (SSSR count). The van der Waals surface area contributed by atoms with Gasteiger partial charge in [0.25, 0.3) is 0 Å². The van der Waals surface area contributed by atoms with Crippen LogP contribution in [0.2, 0.25) is 0 Å². The first kappa shape index (κ1) is 74.8. The second kappa shape index (κ2) is 40.9. The van der Waals surface area contributed by atoms with Gasteiger partial charge in [0.15, 0.2) is 0 Å². The second-order valence-electron chi connectivity index (χ2n) is 17.8. The summed E-state index contributed by atoms with van der Waals surface area (Å²) in [4.78, 5) is 207. The molecule has 0 unspecified atom stereocenters. The number of carbonyl (C=O) groups is 17. The van der Waals surface area contributed by atoms with Crippen molar-refractivity contribution in [2.75, 3.05) is 98.5 Å². The number of aliphatic carboxylic acids is 1. The smallest absolute Gasteiger partial charge is 0.326 e. The first-order valence-electron chi connectivity index (χ1n) is 25.0. The molecule has 16 amide bonds. The summed E-state index contributed by atoms with van der Waals surface area (Å²) in [5, 5.41) is 90.0. The van der Waals surface area contributed by atoms with Crippen molar-refractivity contribution in [1.82, 2.24) is 85.1 Å². The topological polar surface area (TPSA) is 630 Å². The summed E-state index contributed by atoms with van der Waals surface area (Å²) in [5.41, 5.74) is 5.31. The van der Waals surface area contributed by atoms with E-state index < -0.39 is 241 Å². The number of rotatable bonds is 40. The molecule has 0 bridgehead atoms. The van der Waals surface area contributed by atoms with Gasteiger partial charge in [-0.1, -0.05) is 13.8 Å². The minimum absolute atomic E-state index is 0.0862. The highest BCUT2D eigenvalue weighted by molar-refractivity contribution is 5.97. The first-order chi connectivity index (χ1) is 39.5. The van der Waals surface area contributed by atoms with E-state index in [1.807, 2.05) is 0 Å². The van der Waals surface area contributed by atoms with Crippen LogP contribution >= 0.6 is 0 Å². The van der Waals surface area contributed by atoms with E-state index in [-0.39, 0.29) is 12.3 Å². The van der Waals surface area contributed by atoms with Crippen molar-refractivity contribution >= 4 is 100 Å². The fraction of sp³-hybridized carbons (Fsp3) is 0.614. The average Bonchev–Trinajstić information content (AvgIpc) is 3.52. The maximum Gasteiger partial charge on any atom is 0.326 e. The van der Waals surface area contributed by atoms with Gasteiger partial charge in [0.2, 0.25) is 94.5 Å². The van der Waals surface area contributed by atoms with Gasteiger partial charge in [-0.15, -0.1) is 0 Å². The number of amides is 16. The number of carboxylic acids is 1. The quantitative estimate of drug-likeness (QED) is 0.0271. The zero-order chi connectivity index (χ0) is 64.1. The zero-order valence-corrected chi connectivity index (χ0v) is 45.6. The lowest BCUT2D eigenvalue weighted by Crippen LogP contribution is -2.56. The summed E-state index contributed by atoms with van der Waals surface area (Å²) < 4.78 is 0. The van der Waals surface area contributed by atoms with Gasteiger partial charge in [0.05, 0.1) is 98.5 Å². The summed E-state index contributed by atoms with van der Waals surface area (Å²) in [6, 6.07) is -10.3. The molecule has 40 heteroatoms. The van der Waals surface area contributed by atoms with Crippen molar-refractivity contribution in [3.05, 3.63) is 0 Å². The van der Waals surface area contributed by atoms with Gasteiger partial charge in [-0.25, -0.2) is 4.79 Å². The molecule has 0 aromatic heterocycles. The van der Waals surface area contributed by atoms with Gasteiger partial charge in [0, 0.05) is 0 Å². The number of nitrogens with one attached hydrogen (secondary N) is 16. The fourth-order valence-electron chi connectivity index (χ4n) is 5.80. The van der Waals surface area contributed by atoms with E-state index in [0.29, 0.717) is 0 Å². The molecule has 472 valence electrons. The van der Waals surface area contributed by atoms with Crippen LogP contribution in [-0.2, 0) is 81.5 Å². The molecule has 0 heterocycles. The van der Waals surface area contributed by atoms with E-state index in [4.69, 9.17) is 10.8 Å². The van der Waals surface area contributed by atoms with Gasteiger partial charge in [-0.2, -0.15) is 0 Å². The molecule has 0 aliphatic rings. The van der Waals surface area contributed by atoms with Crippen molar-refractivity contribution in [2.45, 2.75) is 69.5 Å². The van der Waals surface area contributed by atoms with Crippen molar-refractivity contribution in [3.63, 3.8) is 0 Å². The zero-order valence-electron chi connectivity index (χ0n) is 45.6. The van der Waals surface area contributed by atoms with Gasteiger partial charge in [-0.05, 0) is 19.3 Å². The molecule has 0 aliphatic carbocycles. The average molecular weight is 1210 g/mol. The lowest BCUT2D eigenvalue weighted by atomic mass is 10.0. The summed E-state index contributed by atoms with van der Waals surface area (Å²) in [6.45, 7) is -7.32. The van der Waals surface area contributed by atoms with E-state index in [9.17, 15) is 107 Å². The van der Waals surface area contributed by atoms with E-state index in [0.717, 1.165) is 0 Å². The Balaban J connectivity index is 4.55. The van der Waals surface area contributed by atoms with Crippen molar-refractivity contribution < 1.29 is 112 Å². The van der Waals surface area contributed by atoms with Crippen molar-refractivity contribution in [1.29, 1.82) is 0 Å². The van der Waals surface area contributed by atoms with Crippen molar-refractivity contribution in [3.8, 4) is 0 Å². The Morgan fingerprint density at radius 2 is 0.548 bits per heavy atom. The Hall–Kier alpha value is -9.25. The Kier molecular flexibility index (Phi) is 36.4. The molecule has 0 aliphatic heterocycles. The van der Waals surface area contributed by atoms with Crippen LogP contribution in [-0.4, -0.2) is 272 Å². The number of hydrogen-bond acceptors (Lipinski definition) is 23. The fourth-order valence-corrected chi connectivity index (χ4v) is 5.80. The standard InChI is InChI=1S/C44H73N17O23/c1-20(2)4-23(44(83)84)60-38(77)21(3)56-43(82)27(19-66)59-37(76)14-52-34(73)11-54-41(80)25(17-64)58-36(75)13-51-30(69)7-46-28(67)5-48-32(71)9-53-40(79)24(16-63)57-35(74)12-50-31(70)8-47-29(68)6-49-33(72)10-55-42(81)26(18-65)61-39(78)22(45)15-62/h20-27,62-66H,4-19,45H2,1-3H3,(H,46,67)(H,47,68)(H,48,71)(H,49,72)(H,50,70)(H,51,69)(H,52,73)(H,53,79)(H,54,80)(H,55,81)(H,56,82)(H,57,74)(H,58,75)(H,59,76)(H,60,77)(H,61,78)(H,83,84)/t21-,22-,23-,24-,25-,26-,27-/m0/s1. The van der Waals surface area contributed by atoms with Gasteiger partial charge in [-0.3, -0.25) is 76.7 Å². The van der Waals surface area contributed by atoms with Crippen molar-refractivity contribution in [2.24, 2.45) is 11.7 Å². The van der Waals surface area contributed by atoms with Crippen LogP contribution in [0.4, 0.5) is 0 Å². The van der Waals surface area contributed by atoms with E-state index in [1.54, 1.807) is 13.8 Å². The first-order valence-corrected chi connectivity index (χ1v) is 25.0. The molecule has 40 nitrogen and oxygen atoms in total. The molecule has 0 saturated heterocycles. The van der Waals surface area contributed by atoms with Crippen LogP contribution in [0.1, 0.15) is 27.2 Å². The highest BCUT2D eigenvalue weighted by atomic mass is 16.4. The Morgan fingerprint density at radius 3 is 0.810 bits per heavy atom. The Morgan fingerprint density at radius 1 is 0.298 bits per heavy atom. The molecule has 0 fully saturated rings. The summed E-state index contributed by atoms with van der Waals surface area (Å²) in [6.07, 6.45) is 0.102. The van der Waals surface area contributed by atoms with E-state index in [1.165, 1.54) is 6.92 Å². The third kappa shape index (κ3) is 32.9. The van der Waals surface area contributed by atoms with Crippen LogP contribution in [0.25, 0.3) is 0 Å². The van der Waals surface area contributed by atoms with Gasteiger partial charge < -0.3 is 121 Å². The predicted molar refractivity (Wildman–Crippen MR) is 278 cm³/mol. The molecule has 84 heavy (non-hydrogen) atoms. The van der Waals surface area contributed by atoms with Gasteiger partial charge >= 0.3 is 5.97 Å². The molecule has 24 N–H and O–H groups in total. The molecule has 0 aromatic carbocycles. The number of carbonyl (C=O) groups excluding carboxylic acids is 16. The SMILES string of the molecule is CC(C)C[C@H](NC(=O)[C@H](C)NC(=O)[C@H](CO)NC(=O)CNC(=O)CNC(=O)[C@H](CO)NC(=O)CNC(=O)CNC(=O)CNC(=O)CNC(=O)[C@H](CO)NC(=O)CNC(=O)CNC(=O)CNC(=O)CNC(=O)[C@H](CO)NC(=O)[C@@H](N)CO)C(=O)O. The van der Waals surface area contributed by atoms with Crippen LogP contribution in [0.15, 0.2) is 0 Å². The third-order valence-corrected chi connectivity index (χ3v) is 10.3. The maximum absolute atomic E-state index is 12.6. The van der Waals surface area contributed by atoms with Gasteiger partial charge in [0.1, 0.15) is 42.3 Å². The second-order valence-corrected chi connectivity index (χ2v) is 17.8. The lowest BCUT2D eigenvalue weighted by Gasteiger charge is -2.22. The highest BCUT2D eigenvalue weighted by Gasteiger charge is 2.29. The van der Waals surface area contributed by atoms with Crippen LogP contribution in [0.5, 0.6) is 0 Å². The van der Waals surface area contributed by atoms with Crippen LogP contribution in [0.3, 0.4) is 0 Å². The van der Waals surface area contributed by atoms with E-state index >= 15 is 0 Å². The number of hydrogen-bond donors (Lipinski definition) is 23. The normalized spacial score (nSPS) is 13.0. The third-order valence-electron chi connectivity index (χ3n) is 10.3. The van der Waals surface area contributed by atoms with Crippen LogP contribution in [0, 0.1) is 5.92 Å².